The fourth-order valence-corrected chi connectivity index (χ4v) is 4.38. The van der Waals surface area contributed by atoms with E-state index in [1.165, 1.54) is 43.4 Å². The lowest BCUT2D eigenvalue weighted by Crippen LogP contribution is -2.52. The third kappa shape index (κ3) is 4.55. The summed E-state index contributed by atoms with van der Waals surface area (Å²) in [6.07, 6.45) is 6.29. The Balaban J connectivity index is 1.51. The van der Waals surface area contributed by atoms with Crippen LogP contribution in [0.25, 0.3) is 0 Å². The van der Waals surface area contributed by atoms with Crippen LogP contribution in [0.2, 0.25) is 0 Å². The van der Waals surface area contributed by atoms with E-state index in [9.17, 15) is 4.79 Å². The van der Waals surface area contributed by atoms with E-state index >= 15 is 0 Å². The molecular formula is C21H33N3O. The van der Waals surface area contributed by atoms with Crippen molar-refractivity contribution in [1.82, 2.24) is 9.80 Å². The second-order valence-electron chi connectivity index (χ2n) is 7.52. The third-order valence-corrected chi connectivity index (χ3v) is 5.86. The van der Waals surface area contributed by atoms with Gasteiger partial charge in [-0.05, 0) is 38.3 Å². The minimum Gasteiger partial charge on any atom is -0.369 e. The summed E-state index contributed by atoms with van der Waals surface area (Å²) in [4.78, 5) is 19.8. The first-order valence-corrected chi connectivity index (χ1v) is 10.0. The Morgan fingerprint density at radius 1 is 1.08 bits per heavy atom. The molecule has 0 N–H and O–H groups in total. The predicted octanol–water partition coefficient (Wildman–Crippen LogP) is 3.30. The Morgan fingerprint density at radius 2 is 1.76 bits per heavy atom. The Bertz CT molecular complexity index is 560. The monoisotopic (exact) mass is 343 g/mol. The first kappa shape index (κ1) is 18.2. The molecule has 0 radical (unpaired) electrons. The molecule has 4 nitrogen and oxygen atoms in total. The molecular weight excluding hydrogens is 310 g/mol. The molecule has 3 rings (SSSR count). The highest BCUT2D eigenvalue weighted by Crippen LogP contribution is 2.23. The Labute approximate surface area is 152 Å². The van der Waals surface area contributed by atoms with Gasteiger partial charge in [0.1, 0.15) is 0 Å². The summed E-state index contributed by atoms with van der Waals surface area (Å²) in [6.45, 7) is 9.71. The van der Waals surface area contributed by atoms with E-state index in [1.807, 2.05) is 0 Å². The molecule has 1 saturated heterocycles. The van der Waals surface area contributed by atoms with Crippen LogP contribution in [0.4, 0.5) is 5.69 Å². The van der Waals surface area contributed by atoms with E-state index in [0.717, 1.165) is 32.7 Å². The molecule has 1 aromatic carbocycles. The van der Waals surface area contributed by atoms with Gasteiger partial charge < -0.3 is 9.80 Å². The predicted molar refractivity (Wildman–Crippen MR) is 104 cm³/mol. The normalized spacial score (nSPS) is 19.8. The molecule has 0 bridgehead atoms. The van der Waals surface area contributed by atoms with Gasteiger partial charge in [-0.3, -0.25) is 9.69 Å². The van der Waals surface area contributed by atoms with Gasteiger partial charge in [0.2, 0.25) is 5.91 Å². The summed E-state index contributed by atoms with van der Waals surface area (Å²) < 4.78 is 0. The largest absolute Gasteiger partial charge is 0.369 e. The molecule has 0 unspecified atom stereocenters. The molecule has 1 amide bonds. The maximum Gasteiger partial charge on any atom is 0.236 e. The van der Waals surface area contributed by atoms with Crippen molar-refractivity contribution < 1.29 is 4.79 Å². The van der Waals surface area contributed by atoms with Crippen LogP contribution < -0.4 is 4.90 Å². The van der Waals surface area contributed by atoms with Crippen molar-refractivity contribution in [3.8, 4) is 0 Å². The van der Waals surface area contributed by atoms with E-state index in [0.29, 0.717) is 18.5 Å². The number of carbonyl (C=O) groups excluding carboxylic acids is 1. The van der Waals surface area contributed by atoms with Crippen LogP contribution in [-0.2, 0) is 4.79 Å². The molecule has 25 heavy (non-hydrogen) atoms. The smallest absolute Gasteiger partial charge is 0.236 e. The van der Waals surface area contributed by atoms with Gasteiger partial charge in [-0.1, -0.05) is 37.5 Å². The second kappa shape index (κ2) is 8.70. The minimum absolute atomic E-state index is 0.332. The molecule has 2 fully saturated rings. The van der Waals surface area contributed by atoms with Crippen molar-refractivity contribution in [3.63, 3.8) is 0 Å². The summed E-state index contributed by atoms with van der Waals surface area (Å²) in [5.41, 5.74) is 2.67. The molecule has 0 aromatic heterocycles. The van der Waals surface area contributed by atoms with Crippen molar-refractivity contribution in [2.45, 2.75) is 52.0 Å². The minimum atomic E-state index is 0.332. The number of hydrogen-bond donors (Lipinski definition) is 0. The van der Waals surface area contributed by atoms with Gasteiger partial charge in [-0.25, -0.2) is 0 Å². The van der Waals surface area contributed by atoms with Gasteiger partial charge in [0, 0.05) is 44.5 Å². The van der Waals surface area contributed by atoms with E-state index in [2.05, 4.69) is 52.8 Å². The number of amides is 1. The molecule has 1 aliphatic heterocycles. The van der Waals surface area contributed by atoms with Crippen LogP contribution in [0.15, 0.2) is 24.3 Å². The van der Waals surface area contributed by atoms with Crippen LogP contribution >= 0.6 is 0 Å². The second-order valence-corrected chi connectivity index (χ2v) is 7.52. The lowest BCUT2D eigenvalue weighted by atomic mass is 9.94. The van der Waals surface area contributed by atoms with Crippen molar-refractivity contribution in [1.29, 1.82) is 0 Å². The Kier molecular flexibility index (Phi) is 6.35. The van der Waals surface area contributed by atoms with Crippen LogP contribution in [-0.4, -0.2) is 61.0 Å². The van der Waals surface area contributed by atoms with Gasteiger partial charge in [0.05, 0.1) is 6.54 Å². The maximum absolute atomic E-state index is 12.8. The number of para-hydroxylation sites is 1. The van der Waals surface area contributed by atoms with Crippen molar-refractivity contribution in [3.05, 3.63) is 29.8 Å². The molecule has 0 atom stereocenters. The summed E-state index contributed by atoms with van der Waals surface area (Å²) in [5.74, 6) is 0.332. The van der Waals surface area contributed by atoms with Crippen LogP contribution in [0.5, 0.6) is 0 Å². The molecule has 1 aromatic rings. The molecule has 1 saturated carbocycles. The topological polar surface area (TPSA) is 26.8 Å². The number of aryl methyl sites for hydroxylation is 1. The average Bonchev–Trinajstić information content (AvgIpc) is 2.64. The molecule has 138 valence electrons. The standard InChI is InChI=1S/C21H33N3O/c1-3-24(19-10-5-4-6-11-19)21(25)17-22-13-15-23(16-14-22)20-12-8-7-9-18(20)2/h7-9,12,19H,3-6,10-11,13-17H2,1-2H3. The molecule has 0 spiro atoms. The van der Waals surface area contributed by atoms with E-state index in [1.54, 1.807) is 0 Å². The Morgan fingerprint density at radius 3 is 2.40 bits per heavy atom. The quantitative estimate of drug-likeness (QED) is 0.821. The fourth-order valence-electron chi connectivity index (χ4n) is 4.38. The van der Waals surface area contributed by atoms with Crippen molar-refractivity contribution >= 4 is 11.6 Å². The number of benzene rings is 1. The van der Waals surface area contributed by atoms with Crippen molar-refractivity contribution in [2.75, 3.05) is 44.2 Å². The third-order valence-electron chi connectivity index (χ3n) is 5.86. The number of hydrogen-bond acceptors (Lipinski definition) is 3. The molecule has 2 aliphatic rings. The lowest BCUT2D eigenvalue weighted by molar-refractivity contribution is -0.135. The zero-order chi connectivity index (χ0) is 17.6. The lowest BCUT2D eigenvalue weighted by Gasteiger charge is -2.39. The highest BCUT2D eigenvalue weighted by Gasteiger charge is 2.26. The highest BCUT2D eigenvalue weighted by atomic mass is 16.2. The fraction of sp³-hybridized carbons (Fsp3) is 0.667. The molecule has 1 aliphatic carbocycles. The molecule has 1 heterocycles. The van der Waals surface area contributed by atoms with Crippen LogP contribution in [0.3, 0.4) is 0 Å². The number of rotatable bonds is 5. The summed E-state index contributed by atoms with van der Waals surface area (Å²) in [7, 11) is 0. The average molecular weight is 344 g/mol. The van der Waals surface area contributed by atoms with Gasteiger partial charge in [0.15, 0.2) is 0 Å². The SMILES string of the molecule is CCN(C(=O)CN1CCN(c2ccccc2C)CC1)C1CCCCC1. The zero-order valence-corrected chi connectivity index (χ0v) is 15.9. The summed E-state index contributed by atoms with van der Waals surface area (Å²) in [6, 6.07) is 9.08. The van der Waals surface area contributed by atoms with Crippen LogP contribution in [0, 0.1) is 6.92 Å². The van der Waals surface area contributed by atoms with E-state index in [4.69, 9.17) is 0 Å². The van der Waals surface area contributed by atoms with Crippen molar-refractivity contribution in [2.24, 2.45) is 0 Å². The summed E-state index contributed by atoms with van der Waals surface area (Å²) in [5, 5.41) is 0. The number of likely N-dealkylation sites (N-methyl/N-ethyl adjacent to an activating group) is 1. The van der Waals surface area contributed by atoms with Crippen LogP contribution in [0.1, 0.15) is 44.6 Å². The van der Waals surface area contributed by atoms with E-state index < -0.39 is 0 Å². The first-order valence-electron chi connectivity index (χ1n) is 10.0. The Hall–Kier alpha value is -1.55. The summed E-state index contributed by atoms with van der Waals surface area (Å²) >= 11 is 0. The van der Waals surface area contributed by atoms with Gasteiger partial charge >= 0.3 is 0 Å². The van der Waals surface area contributed by atoms with E-state index in [-0.39, 0.29) is 0 Å². The van der Waals surface area contributed by atoms with Gasteiger partial charge in [-0.2, -0.15) is 0 Å². The van der Waals surface area contributed by atoms with Gasteiger partial charge in [-0.15, -0.1) is 0 Å². The first-order chi connectivity index (χ1) is 12.2. The number of anilines is 1. The van der Waals surface area contributed by atoms with Gasteiger partial charge in [0.25, 0.3) is 0 Å². The number of carbonyl (C=O) groups is 1. The zero-order valence-electron chi connectivity index (χ0n) is 15.9. The molecule has 4 heteroatoms. The number of piperazine rings is 1. The highest BCUT2D eigenvalue weighted by molar-refractivity contribution is 5.78. The maximum atomic E-state index is 12.8. The number of nitrogens with zero attached hydrogens (tertiary/aromatic N) is 3.